The van der Waals surface area contributed by atoms with Gasteiger partial charge in [0.15, 0.2) is 0 Å². The molecule has 0 saturated heterocycles. The number of rotatable bonds is 2. The number of nitrogens with two attached hydrogens (primary N) is 1. The Morgan fingerprint density at radius 1 is 1.22 bits per heavy atom. The quantitative estimate of drug-likeness (QED) is 0.905. The summed E-state index contributed by atoms with van der Waals surface area (Å²) in [5.41, 5.74) is 7.16. The monoisotopic (exact) mass is 264 g/mol. The van der Waals surface area contributed by atoms with Gasteiger partial charge < -0.3 is 10.5 Å². The number of nitrogen functional groups attached to an aromatic ring is 1. The molecule has 0 atom stereocenters. The summed E-state index contributed by atoms with van der Waals surface area (Å²) in [6, 6.07) is 8.59. The summed E-state index contributed by atoms with van der Waals surface area (Å²) < 4.78 is 6.46. The van der Waals surface area contributed by atoms with Crippen LogP contribution >= 0.6 is 11.6 Å². The Labute approximate surface area is 110 Å². The third-order valence-electron chi connectivity index (χ3n) is 2.79. The average Bonchev–Trinajstić information content (AvgIpc) is 2.35. The lowest BCUT2D eigenvalue weighted by Crippen LogP contribution is -2.18. The lowest BCUT2D eigenvalue weighted by molar-refractivity contribution is 0.415. The van der Waals surface area contributed by atoms with Crippen molar-refractivity contribution in [3.8, 4) is 16.9 Å². The maximum absolute atomic E-state index is 11.7. The maximum atomic E-state index is 11.7. The first-order valence-electron chi connectivity index (χ1n) is 5.33. The Hall–Kier alpha value is -1.94. The van der Waals surface area contributed by atoms with Crippen molar-refractivity contribution in [3.05, 3.63) is 45.7 Å². The molecule has 0 aliphatic heterocycles. The van der Waals surface area contributed by atoms with Crippen LogP contribution in [-0.4, -0.2) is 11.7 Å². The molecule has 0 unspecified atom stereocenters. The number of benzene rings is 1. The molecule has 0 amide bonds. The van der Waals surface area contributed by atoms with Crippen LogP contribution in [0.4, 0.5) is 5.82 Å². The van der Waals surface area contributed by atoms with Gasteiger partial charge in [0.2, 0.25) is 0 Å². The van der Waals surface area contributed by atoms with Gasteiger partial charge in [0.25, 0.3) is 5.56 Å². The van der Waals surface area contributed by atoms with Crippen LogP contribution in [-0.2, 0) is 7.05 Å². The highest BCUT2D eigenvalue weighted by Crippen LogP contribution is 2.30. The number of anilines is 1. The SMILES string of the molecule is COc1ccc(-c2cc(N)n(C)c(=O)c2)cc1Cl. The van der Waals surface area contributed by atoms with E-state index in [1.807, 2.05) is 6.07 Å². The van der Waals surface area contributed by atoms with E-state index in [0.717, 1.165) is 11.1 Å². The molecule has 5 heteroatoms. The Morgan fingerprint density at radius 3 is 2.50 bits per heavy atom. The highest BCUT2D eigenvalue weighted by molar-refractivity contribution is 6.32. The molecule has 94 valence electrons. The second-order valence-electron chi connectivity index (χ2n) is 3.92. The summed E-state index contributed by atoms with van der Waals surface area (Å²) in [4.78, 5) is 11.7. The van der Waals surface area contributed by atoms with Crippen LogP contribution < -0.4 is 16.0 Å². The summed E-state index contributed by atoms with van der Waals surface area (Å²) in [7, 11) is 3.18. The number of nitrogens with zero attached hydrogens (tertiary/aromatic N) is 1. The molecule has 2 N–H and O–H groups in total. The average molecular weight is 265 g/mol. The Kier molecular flexibility index (Phi) is 3.30. The van der Waals surface area contributed by atoms with Gasteiger partial charge in [-0.15, -0.1) is 0 Å². The molecule has 18 heavy (non-hydrogen) atoms. The number of hydrogen-bond donors (Lipinski definition) is 1. The Balaban J connectivity index is 2.56. The minimum atomic E-state index is -0.156. The van der Waals surface area contributed by atoms with E-state index in [0.29, 0.717) is 16.6 Å². The zero-order chi connectivity index (χ0) is 13.3. The van der Waals surface area contributed by atoms with Gasteiger partial charge >= 0.3 is 0 Å². The van der Waals surface area contributed by atoms with Crippen molar-refractivity contribution in [2.45, 2.75) is 0 Å². The molecule has 4 nitrogen and oxygen atoms in total. The minimum Gasteiger partial charge on any atom is -0.495 e. The molecule has 1 heterocycles. The number of methoxy groups -OCH3 is 1. The van der Waals surface area contributed by atoms with E-state index < -0.39 is 0 Å². The number of pyridine rings is 1. The molecule has 0 spiro atoms. The van der Waals surface area contributed by atoms with Crippen LogP contribution in [0.3, 0.4) is 0 Å². The van der Waals surface area contributed by atoms with Crippen molar-refractivity contribution in [1.29, 1.82) is 0 Å². The van der Waals surface area contributed by atoms with E-state index in [9.17, 15) is 4.79 Å². The van der Waals surface area contributed by atoms with Crippen molar-refractivity contribution in [3.63, 3.8) is 0 Å². The van der Waals surface area contributed by atoms with Gasteiger partial charge in [-0.3, -0.25) is 9.36 Å². The number of aromatic nitrogens is 1. The first-order chi connectivity index (χ1) is 8.52. The maximum Gasteiger partial charge on any atom is 0.252 e. The Morgan fingerprint density at radius 2 is 1.94 bits per heavy atom. The molecule has 0 radical (unpaired) electrons. The van der Waals surface area contributed by atoms with E-state index in [4.69, 9.17) is 22.1 Å². The van der Waals surface area contributed by atoms with E-state index in [1.165, 1.54) is 10.6 Å². The fourth-order valence-corrected chi connectivity index (χ4v) is 1.93. The zero-order valence-corrected chi connectivity index (χ0v) is 10.9. The predicted molar refractivity (Wildman–Crippen MR) is 73.1 cm³/mol. The van der Waals surface area contributed by atoms with Crippen LogP contribution in [0.5, 0.6) is 5.75 Å². The molecule has 0 aliphatic carbocycles. The molecule has 1 aromatic carbocycles. The summed E-state index contributed by atoms with van der Waals surface area (Å²) in [6.07, 6.45) is 0. The molecule has 1 aromatic heterocycles. The molecule has 2 aromatic rings. The van der Waals surface area contributed by atoms with Gasteiger partial charge in [0.1, 0.15) is 11.6 Å². The summed E-state index contributed by atoms with van der Waals surface area (Å²) in [6.45, 7) is 0. The molecular weight excluding hydrogens is 252 g/mol. The molecule has 0 saturated carbocycles. The summed E-state index contributed by atoms with van der Waals surface area (Å²) in [5.74, 6) is 1.00. The van der Waals surface area contributed by atoms with Gasteiger partial charge in [-0.1, -0.05) is 17.7 Å². The third-order valence-corrected chi connectivity index (χ3v) is 3.08. The van der Waals surface area contributed by atoms with Crippen molar-refractivity contribution in [2.24, 2.45) is 7.05 Å². The van der Waals surface area contributed by atoms with E-state index in [1.54, 1.807) is 32.4 Å². The largest absolute Gasteiger partial charge is 0.495 e. The second kappa shape index (κ2) is 4.74. The predicted octanol–water partition coefficient (Wildman–Crippen LogP) is 2.30. The molecular formula is C13H13ClN2O2. The van der Waals surface area contributed by atoms with Crippen molar-refractivity contribution >= 4 is 17.4 Å². The molecule has 2 rings (SSSR count). The fourth-order valence-electron chi connectivity index (χ4n) is 1.67. The van der Waals surface area contributed by atoms with Gasteiger partial charge in [-0.05, 0) is 29.3 Å². The first kappa shape index (κ1) is 12.5. The minimum absolute atomic E-state index is 0.156. The van der Waals surface area contributed by atoms with Crippen LogP contribution in [0.25, 0.3) is 11.1 Å². The lowest BCUT2D eigenvalue weighted by atomic mass is 10.1. The number of halogens is 1. The first-order valence-corrected chi connectivity index (χ1v) is 5.71. The topological polar surface area (TPSA) is 57.2 Å². The molecule has 0 bridgehead atoms. The van der Waals surface area contributed by atoms with Crippen LogP contribution in [0.1, 0.15) is 0 Å². The van der Waals surface area contributed by atoms with Crippen LogP contribution in [0, 0.1) is 0 Å². The summed E-state index contributed by atoms with van der Waals surface area (Å²) >= 11 is 6.05. The molecule has 0 fully saturated rings. The zero-order valence-electron chi connectivity index (χ0n) is 10.1. The third kappa shape index (κ3) is 2.19. The highest BCUT2D eigenvalue weighted by Gasteiger charge is 2.06. The van der Waals surface area contributed by atoms with Gasteiger partial charge in [0, 0.05) is 13.1 Å². The van der Waals surface area contributed by atoms with Gasteiger partial charge in [-0.2, -0.15) is 0 Å². The van der Waals surface area contributed by atoms with E-state index in [-0.39, 0.29) is 5.56 Å². The highest BCUT2D eigenvalue weighted by atomic mass is 35.5. The second-order valence-corrected chi connectivity index (χ2v) is 4.32. The standard InChI is InChI=1S/C13H13ClN2O2/c1-16-12(15)6-9(7-13(16)17)8-3-4-11(18-2)10(14)5-8/h3-7H,15H2,1-2H3. The number of hydrogen-bond acceptors (Lipinski definition) is 3. The van der Waals surface area contributed by atoms with Gasteiger partial charge in [-0.25, -0.2) is 0 Å². The van der Waals surface area contributed by atoms with Gasteiger partial charge in [0.05, 0.1) is 12.1 Å². The lowest BCUT2D eigenvalue weighted by Gasteiger charge is -2.08. The van der Waals surface area contributed by atoms with E-state index in [2.05, 4.69) is 0 Å². The van der Waals surface area contributed by atoms with E-state index >= 15 is 0 Å². The van der Waals surface area contributed by atoms with Crippen molar-refractivity contribution < 1.29 is 4.74 Å². The summed E-state index contributed by atoms with van der Waals surface area (Å²) in [5, 5.41) is 0.495. The van der Waals surface area contributed by atoms with Crippen molar-refractivity contribution in [2.75, 3.05) is 12.8 Å². The van der Waals surface area contributed by atoms with Crippen LogP contribution in [0.2, 0.25) is 5.02 Å². The smallest absolute Gasteiger partial charge is 0.252 e. The Bertz CT molecular complexity index is 650. The fraction of sp³-hybridized carbons (Fsp3) is 0.154. The number of ether oxygens (including phenoxy) is 1. The molecule has 0 aliphatic rings. The van der Waals surface area contributed by atoms with Crippen molar-refractivity contribution in [1.82, 2.24) is 4.57 Å². The normalized spacial score (nSPS) is 10.4. The van der Waals surface area contributed by atoms with Crippen LogP contribution in [0.15, 0.2) is 35.1 Å².